The molecule has 0 saturated heterocycles. The molecule has 0 fully saturated rings. The summed E-state index contributed by atoms with van der Waals surface area (Å²) in [5, 5.41) is 10.0. The van der Waals surface area contributed by atoms with E-state index in [1.165, 1.54) is 24.4 Å². The van der Waals surface area contributed by atoms with Gasteiger partial charge in [0.05, 0.1) is 11.4 Å². The second kappa shape index (κ2) is 9.33. The van der Waals surface area contributed by atoms with Crippen LogP contribution in [0.15, 0.2) is 30.5 Å². The van der Waals surface area contributed by atoms with Crippen molar-refractivity contribution in [1.82, 2.24) is 19.9 Å². The molecule has 140 valence electrons. The number of nitrogen functional groups attached to an aromatic ring is 2. The lowest BCUT2D eigenvalue weighted by atomic mass is 10.1. The van der Waals surface area contributed by atoms with Gasteiger partial charge in [-0.05, 0) is 31.2 Å². The summed E-state index contributed by atoms with van der Waals surface area (Å²) in [6.07, 6.45) is 1.38. The second-order valence-electron chi connectivity index (χ2n) is 4.87. The van der Waals surface area contributed by atoms with E-state index in [0.717, 1.165) is 0 Å². The van der Waals surface area contributed by atoms with Gasteiger partial charge in [0.2, 0.25) is 5.95 Å². The number of hydrogen-bond donors (Lipinski definition) is 3. The Morgan fingerprint density at radius 3 is 2.31 bits per heavy atom. The van der Waals surface area contributed by atoms with E-state index < -0.39 is 5.82 Å². The largest absolute Gasteiger partial charge is 0.506 e. The first-order valence-electron chi connectivity index (χ1n) is 6.67. The summed E-state index contributed by atoms with van der Waals surface area (Å²) < 4.78 is 14.1. The zero-order valence-corrected chi connectivity index (χ0v) is 15.8. The minimum absolute atomic E-state index is 0. The van der Waals surface area contributed by atoms with Crippen LogP contribution in [0.5, 0.6) is 5.75 Å². The molecule has 3 heterocycles. The molecule has 0 aromatic carbocycles. The third-order valence-electron chi connectivity index (χ3n) is 3.18. The molecular formula is C15H16Cl3FN6O. The summed E-state index contributed by atoms with van der Waals surface area (Å²) in [5.41, 5.74) is 12.7. The minimum Gasteiger partial charge on any atom is -0.506 e. The maximum absolute atomic E-state index is 14.1. The summed E-state index contributed by atoms with van der Waals surface area (Å²) in [4.78, 5) is 16.0. The van der Waals surface area contributed by atoms with Crippen molar-refractivity contribution >= 4 is 49.0 Å². The van der Waals surface area contributed by atoms with Crippen molar-refractivity contribution < 1.29 is 9.50 Å². The second-order valence-corrected chi connectivity index (χ2v) is 4.87. The van der Waals surface area contributed by atoms with E-state index in [1.807, 2.05) is 0 Å². The Kier molecular flexibility index (Phi) is 8.46. The molecule has 3 aromatic rings. The molecule has 11 heteroatoms. The molecule has 0 radical (unpaired) electrons. The first-order chi connectivity index (χ1) is 11.0. The monoisotopic (exact) mass is 420 g/mol. The molecule has 0 bridgehead atoms. The number of nitrogens with zero attached hydrogens (tertiary/aromatic N) is 4. The molecule has 7 nitrogen and oxygen atoms in total. The number of aromatic nitrogens is 4. The van der Waals surface area contributed by atoms with Crippen LogP contribution in [0.2, 0.25) is 0 Å². The lowest BCUT2D eigenvalue weighted by Gasteiger charge is -2.09. The lowest BCUT2D eigenvalue weighted by Crippen LogP contribution is -2.01. The van der Waals surface area contributed by atoms with E-state index in [4.69, 9.17) is 11.5 Å². The van der Waals surface area contributed by atoms with Crippen LogP contribution in [0.4, 0.5) is 16.2 Å². The number of rotatable bonds is 2. The van der Waals surface area contributed by atoms with Crippen molar-refractivity contribution in [3.63, 3.8) is 0 Å². The van der Waals surface area contributed by atoms with Crippen molar-refractivity contribution in [2.45, 2.75) is 6.92 Å². The number of aromatic hydroxyl groups is 1. The third-order valence-corrected chi connectivity index (χ3v) is 3.18. The summed E-state index contributed by atoms with van der Waals surface area (Å²) in [7, 11) is 0. The zero-order chi connectivity index (χ0) is 16.6. The highest BCUT2D eigenvalue weighted by molar-refractivity contribution is 5.86. The quantitative estimate of drug-likeness (QED) is 0.580. The fraction of sp³-hybridized carbons (Fsp3) is 0.0667. The first-order valence-corrected chi connectivity index (χ1v) is 6.67. The number of halogens is 4. The topological polar surface area (TPSA) is 124 Å². The number of aryl methyl sites for hydroxylation is 1. The molecule has 0 aliphatic rings. The molecule has 3 aromatic heterocycles. The molecule has 0 aliphatic heterocycles. The number of nitrogens with two attached hydrogens (primary N) is 2. The average Bonchev–Trinajstić information content (AvgIpc) is 2.50. The molecule has 3 rings (SSSR count). The maximum Gasteiger partial charge on any atom is 0.220 e. The van der Waals surface area contributed by atoms with E-state index in [9.17, 15) is 9.50 Å². The van der Waals surface area contributed by atoms with Gasteiger partial charge in [-0.3, -0.25) is 0 Å². The van der Waals surface area contributed by atoms with E-state index in [-0.39, 0.29) is 66.0 Å². The highest BCUT2D eigenvalue weighted by Gasteiger charge is 2.15. The van der Waals surface area contributed by atoms with Crippen LogP contribution in [0.25, 0.3) is 22.6 Å². The van der Waals surface area contributed by atoms with Gasteiger partial charge in [0.1, 0.15) is 11.4 Å². The maximum atomic E-state index is 14.1. The Morgan fingerprint density at radius 2 is 1.65 bits per heavy atom. The normalized spacial score (nSPS) is 9.46. The van der Waals surface area contributed by atoms with E-state index in [1.54, 1.807) is 13.0 Å². The Balaban J connectivity index is 0.00000208. The highest BCUT2D eigenvalue weighted by atomic mass is 35.5. The Labute approximate surface area is 167 Å². The molecule has 5 N–H and O–H groups in total. The van der Waals surface area contributed by atoms with Gasteiger partial charge in [-0.2, -0.15) is 0 Å². The molecule has 0 atom stereocenters. The molecule has 26 heavy (non-hydrogen) atoms. The molecule has 0 spiro atoms. The summed E-state index contributed by atoms with van der Waals surface area (Å²) in [6, 6.07) is 5.96. The molecule has 0 unspecified atom stereocenters. The average molecular weight is 422 g/mol. The van der Waals surface area contributed by atoms with Crippen molar-refractivity contribution in [2.75, 3.05) is 11.5 Å². The van der Waals surface area contributed by atoms with Gasteiger partial charge >= 0.3 is 0 Å². The van der Waals surface area contributed by atoms with Crippen molar-refractivity contribution in [3.05, 3.63) is 42.0 Å². The smallest absolute Gasteiger partial charge is 0.220 e. The Morgan fingerprint density at radius 1 is 0.962 bits per heavy atom. The predicted octanol–water partition coefficient (Wildman–Crippen LogP) is 3.18. The summed E-state index contributed by atoms with van der Waals surface area (Å²) in [5.74, 6) is -0.935. The first kappa shape index (κ1) is 23.6. The van der Waals surface area contributed by atoms with Gasteiger partial charge in [-0.1, -0.05) is 0 Å². The molecule has 0 saturated carbocycles. The van der Waals surface area contributed by atoms with Crippen LogP contribution in [0.3, 0.4) is 0 Å². The van der Waals surface area contributed by atoms with Crippen LogP contribution < -0.4 is 11.5 Å². The van der Waals surface area contributed by atoms with E-state index >= 15 is 0 Å². The van der Waals surface area contributed by atoms with Crippen molar-refractivity contribution in [1.29, 1.82) is 0 Å². The Hall–Kier alpha value is -2.42. The Bertz CT molecular complexity index is 892. The highest BCUT2D eigenvalue weighted by Crippen LogP contribution is 2.31. The molecular weight excluding hydrogens is 406 g/mol. The zero-order valence-electron chi connectivity index (χ0n) is 13.4. The third kappa shape index (κ3) is 4.60. The van der Waals surface area contributed by atoms with Crippen LogP contribution in [-0.2, 0) is 0 Å². The van der Waals surface area contributed by atoms with Crippen LogP contribution >= 0.6 is 37.2 Å². The number of hydrogen-bond acceptors (Lipinski definition) is 7. The van der Waals surface area contributed by atoms with Crippen LogP contribution in [-0.4, -0.2) is 25.0 Å². The van der Waals surface area contributed by atoms with Crippen molar-refractivity contribution in [2.24, 2.45) is 0 Å². The minimum atomic E-state index is -0.671. The SMILES string of the molecule is Cc1cc(-c2nc(-c3ccnc(N)c3F)ccc2O)nc(N)n1.Cl.Cl.Cl. The van der Waals surface area contributed by atoms with Gasteiger partial charge < -0.3 is 16.6 Å². The number of pyridine rings is 2. The summed E-state index contributed by atoms with van der Waals surface area (Å²) >= 11 is 0. The van der Waals surface area contributed by atoms with Gasteiger partial charge in [-0.25, -0.2) is 24.3 Å². The van der Waals surface area contributed by atoms with Gasteiger partial charge in [-0.15, -0.1) is 37.2 Å². The standard InChI is InChI=1S/C15H13FN6O.3ClH/c1-7-6-10(22-15(18)20-7)13-11(23)3-2-9(21-13)8-4-5-19-14(17)12(8)16;;;/h2-6,23H,1H3,(H2,17,19)(H2,18,20,22);3*1H. The predicted molar refractivity (Wildman–Crippen MR) is 105 cm³/mol. The van der Waals surface area contributed by atoms with Crippen LogP contribution in [0, 0.1) is 12.7 Å². The molecule has 0 aliphatic carbocycles. The fourth-order valence-electron chi connectivity index (χ4n) is 2.16. The van der Waals surface area contributed by atoms with E-state index in [2.05, 4.69) is 19.9 Å². The van der Waals surface area contributed by atoms with Gasteiger partial charge in [0, 0.05) is 17.5 Å². The van der Waals surface area contributed by atoms with E-state index in [0.29, 0.717) is 17.1 Å². The number of anilines is 2. The molecule has 0 amide bonds. The fourth-order valence-corrected chi connectivity index (χ4v) is 2.16. The van der Waals surface area contributed by atoms with Crippen molar-refractivity contribution in [3.8, 4) is 28.4 Å². The summed E-state index contributed by atoms with van der Waals surface area (Å²) in [6.45, 7) is 1.74. The lowest BCUT2D eigenvalue weighted by molar-refractivity contribution is 0.475. The van der Waals surface area contributed by atoms with Gasteiger partial charge in [0.25, 0.3) is 0 Å². The van der Waals surface area contributed by atoms with Gasteiger partial charge in [0.15, 0.2) is 11.6 Å². The van der Waals surface area contributed by atoms with Crippen LogP contribution in [0.1, 0.15) is 5.69 Å².